The molecule has 1 aliphatic rings. The average Bonchev–Trinajstić information content (AvgIpc) is 3.43. The molecule has 1 aliphatic heterocycles. The molecular weight excluding hydrogens is 478 g/mol. The van der Waals surface area contributed by atoms with Gasteiger partial charge in [0.1, 0.15) is 0 Å². The fraction of sp³-hybridized carbons (Fsp3) is 0.207. The summed E-state index contributed by atoms with van der Waals surface area (Å²) < 4.78 is 3.32. The molecule has 0 bridgehead atoms. The lowest BCUT2D eigenvalue weighted by Crippen LogP contribution is -2.38. The minimum absolute atomic E-state index is 0.00425. The van der Waals surface area contributed by atoms with Crippen LogP contribution in [0.25, 0.3) is 16.6 Å². The zero-order valence-corrected chi connectivity index (χ0v) is 21.3. The maximum absolute atomic E-state index is 14.0. The van der Waals surface area contributed by atoms with Crippen molar-refractivity contribution in [3.05, 3.63) is 107 Å². The Balaban J connectivity index is 1.45. The fourth-order valence-corrected chi connectivity index (χ4v) is 5.24. The predicted octanol–water partition coefficient (Wildman–Crippen LogP) is 4.11. The van der Waals surface area contributed by atoms with Crippen LogP contribution in [0.15, 0.2) is 96.3 Å². The monoisotopic (exact) mass is 505 g/mol. The third-order valence-electron chi connectivity index (χ3n) is 7.28. The van der Waals surface area contributed by atoms with Crippen LogP contribution in [0.3, 0.4) is 0 Å². The third kappa shape index (κ3) is 3.83. The number of benzene rings is 2. The molecule has 0 spiro atoms. The van der Waals surface area contributed by atoms with Crippen molar-refractivity contribution < 1.29 is 4.79 Å². The van der Waals surface area contributed by atoms with Crippen molar-refractivity contribution >= 4 is 28.4 Å². The Hall–Kier alpha value is -4.79. The first kappa shape index (κ1) is 23.6. The Bertz CT molecular complexity index is 1690. The first-order chi connectivity index (χ1) is 18.3. The Morgan fingerprint density at radius 1 is 0.895 bits per heavy atom. The smallest absolute Gasteiger partial charge is 0.250 e. The second-order valence-corrected chi connectivity index (χ2v) is 10.1. The summed E-state index contributed by atoms with van der Waals surface area (Å²) in [6.45, 7) is 3.92. The highest BCUT2D eigenvalue weighted by Crippen LogP contribution is 2.47. The highest BCUT2D eigenvalue weighted by atomic mass is 16.2. The molecule has 0 unspecified atom stereocenters. The topological polar surface area (TPSA) is 97.9 Å². The molecular formula is C29H27N7O2. The van der Waals surface area contributed by atoms with Crippen LogP contribution in [0.2, 0.25) is 0 Å². The summed E-state index contributed by atoms with van der Waals surface area (Å²) >= 11 is 0. The van der Waals surface area contributed by atoms with E-state index in [0.717, 1.165) is 27.8 Å². The number of rotatable bonds is 5. The summed E-state index contributed by atoms with van der Waals surface area (Å²) in [6.07, 6.45) is 6.90. The quantitative estimate of drug-likeness (QED) is 0.386. The molecule has 1 saturated heterocycles. The second-order valence-electron chi connectivity index (χ2n) is 10.1. The van der Waals surface area contributed by atoms with Gasteiger partial charge in [0.05, 0.1) is 34.9 Å². The number of anilines is 2. The molecule has 0 radical (unpaired) electrons. The van der Waals surface area contributed by atoms with E-state index >= 15 is 0 Å². The molecule has 2 aromatic carbocycles. The zero-order chi connectivity index (χ0) is 26.4. The van der Waals surface area contributed by atoms with Crippen molar-refractivity contribution in [3.8, 4) is 5.69 Å². The van der Waals surface area contributed by atoms with Crippen LogP contribution in [0.4, 0.5) is 11.6 Å². The summed E-state index contributed by atoms with van der Waals surface area (Å²) in [7, 11) is 1.71. The van der Waals surface area contributed by atoms with Crippen LogP contribution in [0.5, 0.6) is 0 Å². The van der Waals surface area contributed by atoms with Gasteiger partial charge < -0.3 is 14.8 Å². The van der Waals surface area contributed by atoms with Gasteiger partial charge >= 0.3 is 0 Å². The van der Waals surface area contributed by atoms with Crippen LogP contribution in [0.1, 0.15) is 25.5 Å². The van der Waals surface area contributed by atoms with E-state index in [1.807, 2.05) is 67.3 Å². The van der Waals surface area contributed by atoms with Crippen molar-refractivity contribution in [2.24, 2.45) is 12.5 Å². The minimum Gasteiger partial charge on any atom is -0.348 e. The van der Waals surface area contributed by atoms with Crippen molar-refractivity contribution in [2.45, 2.75) is 25.9 Å². The molecule has 3 aromatic heterocycles. The lowest BCUT2D eigenvalue weighted by molar-refractivity contribution is -0.124. The van der Waals surface area contributed by atoms with E-state index in [1.165, 1.54) is 10.6 Å². The summed E-state index contributed by atoms with van der Waals surface area (Å²) in [4.78, 5) is 36.5. The molecule has 1 fully saturated rings. The number of aryl methyl sites for hydroxylation is 1. The number of nitrogens with zero attached hydrogens (tertiary/aromatic N) is 6. The van der Waals surface area contributed by atoms with Gasteiger partial charge in [0.2, 0.25) is 17.4 Å². The molecule has 1 amide bonds. The standard InChI is InChI=1S/C29H27N7O2/c1-29(2)26(33-28-30-14-7-15-31-28)25(19-8-5-4-6-9-19)35(27(29)38)21-10-12-23-20(16-21)17-32-36(23)22-11-13-24(37)34(3)18-22/h4-18,25-26H,1-3H3,(H,30,31,33)/t25-,26-/m1/s1. The average molecular weight is 506 g/mol. The van der Waals surface area contributed by atoms with Gasteiger partial charge in [-0.1, -0.05) is 30.3 Å². The van der Waals surface area contributed by atoms with E-state index in [0.29, 0.717) is 5.95 Å². The van der Waals surface area contributed by atoms with Crippen LogP contribution < -0.4 is 15.8 Å². The summed E-state index contributed by atoms with van der Waals surface area (Å²) in [6, 6.07) is 20.4. The number of amides is 1. The van der Waals surface area contributed by atoms with Gasteiger partial charge in [-0.3, -0.25) is 9.59 Å². The zero-order valence-electron chi connectivity index (χ0n) is 21.3. The highest BCUT2D eigenvalue weighted by molar-refractivity contribution is 6.03. The summed E-state index contributed by atoms with van der Waals surface area (Å²) in [5, 5.41) is 8.91. The molecule has 0 aliphatic carbocycles. The predicted molar refractivity (Wildman–Crippen MR) is 146 cm³/mol. The van der Waals surface area contributed by atoms with Gasteiger partial charge in [-0.15, -0.1) is 0 Å². The lowest BCUT2D eigenvalue weighted by Gasteiger charge is -2.30. The highest BCUT2D eigenvalue weighted by Gasteiger charge is 2.55. The molecule has 1 N–H and O–H groups in total. The van der Waals surface area contributed by atoms with Gasteiger partial charge in [0.15, 0.2) is 0 Å². The first-order valence-corrected chi connectivity index (χ1v) is 12.4. The number of nitrogens with one attached hydrogen (secondary N) is 1. The van der Waals surface area contributed by atoms with E-state index in [1.54, 1.807) is 48.6 Å². The van der Waals surface area contributed by atoms with Crippen molar-refractivity contribution in [3.63, 3.8) is 0 Å². The van der Waals surface area contributed by atoms with E-state index < -0.39 is 5.41 Å². The Morgan fingerprint density at radius 2 is 1.63 bits per heavy atom. The molecule has 9 nitrogen and oxygen atoms in total. The Labute approximate surface area is 219 Å². The second kappa shape index (κ2) is 8.95. The van der Waals surface area contributed by atoms with E-state index in [-0.39, 0.29) is 23.6 Å². The molecule has 6 rings (SSSR count). The molecule has 38 heavy (non-hydrogen) atoms. The number of carbonyl (C=O) groups is 1. The summed E-state index contributed by atoms with van der Waals surface area (Å²) in [5.41, 5.74) is 2.62. The molecule has 4 heterocycles. The molecule has 5 aromatic rings. The summed E-state index contributed by atoms with van der Waals surface area (Å²) in [5.74, 6) is 0.486. The van der Waals surface area contributed by atoms with Crippen LogP contribution >= 0.6 is 0 Å². The van der Waals surface area contributed by atoms with Gasteiger partial charge in [-0.2, -0.15) is 5.10 Å². The van der Waals surface area contributed by atoms with E-state index in [4.69, 9.17) is 0 Å². The first-order valence-electron chi connectivity index (χ1n) is 12.4. The Morgan fingerprint density at radius 3 is 2.37 bits per heavy atom. The van der Waals surface area contributed by atoms with Gasteiger partial charge in [-0.25, -0.2) is 14.6 Å². The number of aromatic nitrogens is 5. The van der Waals surface area contributed by atoms with Gasteiger partial charge in [0.25, 0.3) is 0 Å². The number of fused-ring (bicyclic) bond motifs is 1. The van der Waals surface area contributed by atoms with Crippen LogP contribution in [0, 0.1) is 5.41 Å². The van der Waals surface area contributed by atoms with Crippen molar-refractivity contribution in [1.82, 2.24) is 24.3 Å². The third-order valence-corrected chi connectivity index (χ3v) is 7.28. The number of pyridine rings is 1. The number of hydrogen-bond donors (Lipinski definition) is 1. The molecule has 190 valence electrons. The molecule has 0 saturated carbocycles. The van der Waals surface area contributed by atoms with Crippen LogP contribution in [-0.2, 0) is 11.8 Å². The van der Waals surface area contributed by atoms with Gasteiger partial charge in [0, 0.05) is 42.8 Å². The Kier molecular flexibility index (Phi) is 5.56. The fourth-order valence-electron chi connectivity index (χ4n) is 5.24. The SMILES string of the molecule is Cn1cc(-n2ncc3cc(N4C(=O)C(C)(C)[C@H](Nc5ncccn5)[C@H]4c4ccccc4)ccc32)ccc1=O. The number of hydrogen-bond acceptors (Lipinski definition) is 6. The molecule has 2 atom stereocenters. The van der Waals surface area contributed by atoms with Crippen LogP contribution in [-0.4, -0.2) is 36.3 Å². The normalized spacial score (nSPS) is 18.7. The van der Waals surface area contributed by atoms with Crippen molar-refractivity contribution in [1.29, 1.82) is 0 Å². The van der Waals surface area contributed by atoms with E-state index in [2.05, 4.69) is 20.4 Å². The maximum Gasteiger partial charge on any atom is 0.250 e. The van der Waals surface area contributed by atoms with Crippen molar-refractivity contribution in [2.75, 3.05) is 10.2 Å². The maximum atomic E-state index is 14.0. The largest absolute Gasteiger partial charge is 0.348 e. The van der Waals surface area contributed by atoms with Gasteiger partial charge in [-0.05, 0) is 49.7 Å². The molecule has 9 heteroatoms. The minimum atomic E-state index is -0.742. The van der Waals surface area contributed by atoms with E-state index in [9.17, 15) is 9.59 Å². The number of carbonyl (C=O) groups excluding carboxylic acids is 1. The lowest BCUT2D eigenvalue weighted by atomic mass is 9.82.